The quantitative estimate of drug-likeness (QED) is 0.742. The van der Waals surface area contributed by atoms with Crippen LogP contribution < -0.4 is 10.6 Å². The molecule has 2 fully saturated rings. The Morgan fingerprint density at radius 1 is 1.39 bits per heavy atom. The standard InChI is InChI=1S/C13H24N2O3/c1-12(2,3)18-11(16)15-10-8-17-9-13(10)4-6-14-7-5-13/h10,14H,4-9H2,1-3H3,(H,15,16)/t10-/m0/s1. The second kappa shape index (κ2) is 5.05. The summed E-state index contributed by atoms with van der Waals surface area (Å²) in [5.74, 6) is 0. The fraction of sp³-hybridized carbons (Fsp3) is 0.923. The van der Waals surface area contributed by atoms with Crippen LogP contribution in [-0.4, -0.2) is 44.0 Å². The number of carbonyl (C=O) groups excluding carboxylic acids is 1. The Kier molecular flexibility index (Phi) is 3.82. The molecular weight excluding hydrogens is 232 g/mol. The molecule has 0 aromatic carbocycles. The molecule has 5 nitrogen and oxygen atoms in total. The van der Waals surface area contributed by atoms with E-state index in [-0.39, 0.29) is 17.6 Å². The molecule has 0 unspecified atom stereocenters. The molecule has 0 bridgehead atoms. The van der Waals surface area contributed by atoms with Crippen molar-refractivity contribution in [3.8, 4) is 0 Å². The summed E-state index contributed by atoms with van der Waals surface area (Å²) in [6.07, 6.45) is 1.76. The van der Waals surface area contributed by atoms with Crippen LogP contribution >= 0.6 is 0 Å². The number of amides is 1. The Morgan fingerprint density at radius 2 is 2.06 bits per heavy atom. The molecule has 2 N–H and O–H groups in total. The van der Waals surface area contributed by atoms with E-state index in [0.29, 0.717) is 6.61 Å². The maximum absolute atomic E-state index is 11.8. The van der Waals surface area contributed by atoms with Gasteiger partial charge in [-0.25, -0.2) is 4.79 Å². The average Bonchev–Trinajstić information content (AvgIpc) is 2.60. The number of ether oxygens (including phenoxy) is 2. The second-order valence-corrected chi connectivity index (χ2v) is 6.33. The highest BCUT2D eigenvalue weighted by Gasteiger charge is 2.45. The van der Waals surface area contributed by atoms with E-state index in [1.54, 1.807) is 0 Å². The van der Waals surface area contributed by atoms with Gasteiger partial charge in [-0.1, -0.05) is 0 Å². The molecule has 1 amide bonds. The van der Waals surface area contributed by atoms with Crippen molar-refractivity contribution in [2.45, 2.75) is 45.3 Å². The van der Waals surface area contributed by atoms with Crippen LogP contribution in [0.3, 0.4) is 0 Å². The van der Waals surface area contributed by atoms with E-state index in [1.807, 2.05) is 20.8 Å². The molecule has 104 valence electrons. The summed E-state index contributed by atoms with van der Waals surface area (Å²) in [5.41, 5.74) is -0.354. The molecule has 1 spiro atoms. The number of carbonyl (C=O) groups is 1. The average molecular weight is 256 g/mol. The first-order chi connectivity index (χ1) is 8.41. The smallest absolute Gasteiger partial charge is 0.407 e. The van der Waals surface area contributed by atoms with E-state index < -0.39 is 5.60 Å². The summed E-state index contributed by atoms with van der Waals surface area (Å²) in [5, 5.41) is 6.33. The third-order valence-electron chi connectivity index (χ3n) is 3.70. The van der Waals surface area contributed by atoms with Gasteiger partial charge in [-0.3, -0.25) is 0 Å². The molecule has 2 aliphatic heterocycles. The molecule has 2 saturated heterocycles. The summed E-state index contributed by atoms with van der Waals surface area (Å²) >= 11 is 0. The maximum atomic E-state index is 11.8. The zero-order chi connectivity index (χ0) is 13.2. The summed E-state index contributed by atoms with van der Waals surface area (Å²) in [4.78, 5) is 11.8. The number of nitrogens with one attached hydrogen (secondary N) is 2. The van der Waals surface area contributed by atoms with E-state index in [0.717, 1.165) is 32.5 Å². The maximum Gasteiger partial charge on any atom is 0.407 e. The topological polar surface area (TPSA) is 59.6 Å². The number of hydrogen-bond donors (Lipinski definition) is 2. The van der Waals surface area contributed by atoms with Gasteiger partial charge in [0, 0.05) is 5.41 Å². The molecule has 18 heavy (non-hydrogen) atoms. The van der Waals surface area contributed by atoms with Gasteiger partial charge in [0.2, 0.25) is 0 Å². The second-order valence-electron chi connectivity index (χ2n) is 6.33. The van der Waals surface area contributed by atoms with Gasteiger partial charge in [0.15, 0.2) is 0 Å². The third kappa shape index (κ3) is 3.14. The van der Waals surface area contributed by atoms with Gasteiger partial charge < -0.3 is 20.1 Å². The van der Waals surface area contributed by atoms with Crippen LogP contribution in [0.4, 0.5) is 4.79 Å². The van der Waals surface area contributed by atoms with Crippen molar-refractivity contribution in [2.75, 3.05) is 26.3 Å². The van der Waals surface area contributed by atoms with Crippen molar-refractivity contribution < 1.29 is 14.3 Å². The van der Waals surface area contributed by atoms with Crippen LogP contribution in [0.1, 0.15) is 33.6 Å². The van der Waals surface area contributed by atoms with Crippen LogP contribution in [0.15, 0.2) is 0 Å². The first kappa shape index (κ1) is 13.6. The van der Waals surface area contributed by atoms with Gasteiger partial charge in [-0.2, -0.15) is 0 Å². The zero-order valence-electron chi connectivity index (χ0n) is 11.5. The molecule has 2 aliphatic rings. The van der Waals surface area contributed by atoms with Gasteiger partial charge >= 0.3 is 6.09 Å². The van der Waals surface area contributed by atoms with Crippen molar-refractivity contribution in [1.29, 1.82) is 0 Å². The Labute approximate surface area is 109 Å². The molecule has 0 aliphatic carbocycles. The minimum atomic E-state index is -0.454. The number of alkyl carbamates (subject to hydrolysis) is 1. The highest BCUT2D eigenvalue weighted by atomic mass is 16.6. The predicted molar refractivity (Wildman–Crippen MR) is 68.5 cm³/mol. The van der Waals surface area contributed by atoms with Crippen LogP contribution in [0.25, 0.3) is 0 Å². The van der Waals surface area contributed by atoms with Crippen LogP contribution in [0.2, 0.25) is 0 Å². The lowest BCUT2D eigenvalue weighted by Gasteiger charge is -2.37. The molecule has 0 radical (unpaired) electrons. The zero-order valence-corrected chi connectivity index (χ0v) is 11.5. The fourth-order valence-corrected chi connectivity index (χ4v) is 2.72. The number of hydrogen-bond acceptors (Lipinski definition) is 4. The first-order valence-electron chi connectivity index (χ1n) is 6.69. The van der Waals surface area contributed by atoms with E-state index >= 15 is 0 Å². The predicted octanol–water partition coefficient (Wildman–Crippen LogP) is 1.28. The SMILES string of the molecule is CC(C)(C)OC(=O)N[C@H]1COCC12CCNCC2. The Bertz CT molecular complexity index is 306. The van der Waals surface area contributed by atoms with Crippen molar-refractivity contribution in [3.05, 3.63) is 0 Å². The molecule has 0 aromatic rings. The van der Waals surface area contributed by atoms with Gasteiger partial charge in [0.05, 0.1) is 19.3 Å². The van der Waals surface area contributed by atoms with Crippen molar-refractivity contribution in [1.82, 2.24) is 10.6 Å². The minimum absolute atomic E-state index is 0.0782. The van der Waals surface area contributed by atoms with Gasteiger partial charge in [-0.15, -0.1) is 0 Å². The normalized spacial score (nSPS) is 27.2. The molecule has 2 heterocycles. The van der Waals surface area contributed by atoms with Crippen molar-refractivity contribution in [2.24, 2.45) is 5.41 Å². The monoisotopic (exact) mass is 256 g/mol. The largest absolute Gasteiger partial charge is 0.444 e. The lowest BCUT2D eigenvalue weighted by Crippen LogP contribution is -2.52. The first-order valence-corrected chi connectivity index (χ1v) is 6.69. The third-order valence-corrected chi connectivity index (χ3v) is 3.70. The minimum Gasteiger partial charge on any atom is -0.444 e. The number of piperidine rings is 1. The highest BCUT2D eigenvalue weighted by Crippen LogP contribution is 2.37. The van der Waals surface area contributed by atoms with E-state index in [4.69, 9.17) is 9.47 Å². The molecule has 0 saturated carbocycles. The molecule has 0 aromatic heterocycles. The molecule has 2 rings (SSSR count). The van der Waals surface area contributed by atoms with E-state index in [1.165, 1.54) is 0 Å². The summed E-state index contributed by atoms with van der Waals surface area (Å²) in [6, 6.07) is 0.0782. The Morgan fingerprint density at radius 3 is 2.67 bits per heavy atom. The number of rotatable bonds is 1. The van der Waals surface area contributed by atoms with Gasteiger partial charge in [0.1, 0.15) is 5.60 Å². The summed E-state index contributed by atoms with van der Waals surface area (Å²) < 4.78 is 10.9. The van der Waals surface area contributed by atoms with Crippen LogP contribution in [-0.2, 0) is 9.47 Å². The molecule has 5 heteroatoms. The van der Waals surface area contributed by atoms with Crippen molar-refractivity contribution >= 4 is 6.09 Å². The summed E-state index contributed by atoms with van der Waals surface area (Å²) in [7, 11) is 0. The Hall–Kier alpha value is -0.810. The van der Waals surface area contributed by atoms with E-state index in [2.05, 4.69) is 10.6 Å². The van der Waals surface area contributed by atoms with Gasteiger partial charge in [0.25, 0.3) is 0 Å². The lowest BCUT2D eigenvalue weighted by atomic mass is 9.75. The summed E-state index contributed by atoms with van der Waals surface area (Å²) in [6.45, 7) is 8.95. The fourth-order valence-electron chi connectivity index (χ4n) is 2.72. The van der Waals surface area contributed by atoms with Crippen molar-refractivity contribution in [3.63, 3.8) is 0 Å². The molecule has 1 atom stereocenters. The van der Waals surface area contributed by atoms with E-state index in [9.17, 15) is 4.79 Å². The van der Waals surface area contributed by atoms with Crippen LogP contribution in [0.5, 0.6) is 0 Å². The van der Waals surface area contributed by atoms with Crippen LogP contribution in [0, 0.1) is 5.41 Å². The molecular formula is C13H24N2O3. The Balaban J connectivity index is 1.93. The lowest BCUT2D eigenvalue weighted by molar-refractivity contribution is 0.0452. The van der Waals surface area contributed by atoms with Gasteiger partial charge in [-0.05, 0) is 46.7 Å². The highest BCUT2D eigenvalue weighted by molar-refractivity contribution is 5.68.